The highest BCUT2D eigenvalue weighted by Gasteiger charge is 2.48. The van der Waals surface area contributed by atoms with Crippen molar-refractivity contribution in [2.45, 2.75) is 147 Å². The van der Waals surface area contributed by atoms with Gasteiger partial charge in [-0.25, -0.2) is 4.18 Å². The molecule has 13 heteroatoms. The molecule has 1 aliphatic rings. The van der Waals surface area contributed by atoms with Crippen LogP contribution >= 0.6 is 0 Å². The highest BCUT2D eigenvalue weighted by Crippen LogP contribution is 2.26. The molecule has 53 heavy (non-hydrogen) atoms. The molecule has 0 spiro atoms. The van der Waals surface area contributed by atoms with Gasteiger partial charge in [-0.2, -0.15) is 8.42 Å². The van der Waals surface area contributed by atoms with Crippen LogP contribution in [-0.4, -0.2) is 97.5 Å². The van der Waals surface area contributed by atoms with E-state index < -0.39 is 59.8 Å². The number of hydrogen-bond donors (Lipinski definition) is 4. The van der Waals surface area contributed by atoms with E-state index in [1.165, 1.54) is 25.7 Å². The van der Waals surface area contributed by atoms with Crippen molar-refractivity contribution in [3.63, 3.8) is 0 Å². The lowest BCUT2D eigenvalue weighted by Crippen LogP contribution is -2.60. The fourth-order valence-electron chi connectivity index (χ4n) is 5.22. The summed E-state index contributed by atoms with van der Waals surface area (Å²) in [6.45, 7) is 3.69. The topological polar surface area (TPSA) is 178 Å². The largest absolute Gasteiger partial charge is 0.457 e. The molecule has 6 atom stereocenters. The average molecular weight is 771 g/mol. The van der Waals surface area contributed by atoms with E-state index in [2.05, 4.69) is 78.8 Å². The lowest BCUT2D eigenvalue weighted by atomic mass is 9.99. The Kier molecular flexibility index (Phi) is 29.2. The molecule has 1 rings (SSSR count). The number of aliphatic hydroxyl groups is 3. The maximum atomic E-state index is 12.7. The second-order valence-corrected chi connectivity index (χ2v) is 13.8. The van der Waals surface area contributed by atoms with Crippen molar-refractivity contribution >= 4 is 16.4 Å². The molecule has 0 aromatic rings. The molecule has 0 amide bonds. The summed E-state index contributed by atoms with van der Waals surface area (Å²) in [6, 6.07) is 0. The molecular formula is C40H66O12S. The summed E-state index contributed by atoms with van der Waals surface area (Å²) in [4.78, 5) is 12.7. The van der Waals surface area contributed by atoms with E-state index in [0.717, 1.165) is 57.8 Å². The minimum atomic E-state index is -5.07. The molecule has 4 N–H and O–H groups in total. The first kappa shape index (κ1) is 48.6. The first-order chi connectivity index (χ1) is 25.6. The van der Waals surface area contributed by atoms with Gasteiger partial charge in [-0.15, -0.1) is 0 Å². The van der Waals surface area contributed by atoms with Gasteiger partial charge < -0.3 is 34.3 Å². The van der Waals surface area contributed by atoms with Crippen molar-refractivity contribution in [2.75, 3.05) is 26.4 Å². The van der Waals surface area contributed by atoms with Crippen molar-refractivity contribution in [1.29, 1.82) is 0 Å². The van der Waals surface area contributed by atoms with Gasteiger partial charge in [0.15, 0.2) is 6.29 Å². The fourth-order valence-corrected chi connectivity index (χ4v) is 5.73. The van der Waals surface area contributed by atoms with Crippen LogP contribution < -0.4 is 0 Å². The zero-order chi connectivity index (χ0) is 39.0. The quantitative estimate of drug-likeness (QED) is 0.0252. The summed E-state index contributed by atoms with van der Waals surface area (Å²) in [6.07, 6.45) is 29.8. The first-order valence-electron chi connectivity index (χ1n) is 19.2. The molecule has 1 heterocycles. The smallest absolute Gasteiger partial charge is 0.397 e. The highest BCUT2D eigenvalue weighted by atomic mass is 32.3. The maximum Gasteiger partial charge on any atom is 0.397 e. The van der Waals surface area contributed by atoms with Gasteiger partial charge in [0.25, 0.3) is 0 Å². The zero-order valence-electron chi connectivity index (χ0n) is 31.8. The third kappa shape index (κ3) is 26.1. The van der Waals surface area contributed by atoms with Gasteiger partial charge in [-0.3, -0.25) is 9.35 Å². The molecule has 0 bridgehead atoms. The summed E-state index contributed by atoms with van der Waals surface area (Å²) in [5.41, 5.74) is 0. The predicted octanol–water partition coefficient (Wildman–Crippen LogP) is 6.79. The van der Waals surface area contributed by atoms with E-state index >= 15 is 0 Å². The second-order valence-electron chi connectivity index (χ2n) is 12.8. The van der Waals surface area contributed by atoms with E-state index in [0.29, 0.717) is 13.0 Å². The van der Waals surface area contributed by atoms with Crippen LogP contribution in [0, 0.1) is 0 Å². The fraction of sp³-hybridized carbons (Fsp3) is 0.675. The lowest BCUT2D eigenvalue weighted by Gasteiger charge is -2.41. The Hall–Kier alpha value is -2.46. The van der Waals surface area contributed by atoms with Crippen LogP contribution in [-0.2, 0) is 38.3 Å². The van der Waals surface area contributed by atoms with Crippen LogP contribution in [0.4, 0.5) is 0 Å². The van der Waals surface area contributed by atoms with Crippen LogP contribution in [0.3, 0.4) is 0 Å². The summed E-state index contributed by atoms with van der Waals surface area (Å²) in [5.74, 6) is -0.487. The Balaban J connectivity index is 2.53. The third-order valence-electron chi connectivity index (χ3n) is 8.11. The Bertz CT molecular complexity index is 1210. The normalized spacial score (nSPS) is 22.1. The molecule has 1 aliphatic heterocycles. The van der Waals surface area contributed by atoms with E-state index in [1.807, 2.05) is 12.2 Å². The molecule has 0 aromatic heterocycles. The number of esters is 1. The predicted molar refractivity (Wildman–Crippen MR) is 206 cm³/mol. The average Bonchev–Trinajstić information content (AvgIpc) is 3.12. The van der Waals surface area contributed by atoms with E-state index in [1.54, 1.807) is 0 Å². The van der Waals surface area contributed by atoms with E-state index in [-0.39, 0.29) is 19.6 Å². The van der Waals surface area contributed by atoms with Crippen LogP contribution in [0.15, 0.2) is 72.9 Å². The number of carbonyl (C=O) groups excluding carboxylic acids is 1. The molecule has 0 saturated carbocycles. The highest BCUT2D eigenvalue weighted by molar-refractivity contribution is 7.80. The first-order valence-corrected chi connectivity index (χ1v) is 20.6. The second kappa shape index (κ2) is 31.8. The van der Waals surface area contributed by atoms with Crippen molar-refractivity contribution in [2.24, 2.45) is 0 Å². The number of rotatable bonds is 31. The van der Waals surface area contributed by atoms with Crippen LogP contribution in [0.1, 0.15) is 110 Å². The van der Waals surface area contributed by atoms with Crippen molar-refractivity contribution < 1.29 is 56.2 Å². The Morgan fingerprint density at radius 1 is 0.736 bits per heavy atom. The van der Waals surface area contributed by atoms with Gasteiger partial charge in [-0.05, 0) is 51.4 Å². The number of allylic oxidation sites excluding steroid dienone is 12. The molecule has 0 aliphatic carbocycles. The van der Waals surface area contributed by atoms with Gasteiger partial charge in [0, 0.05) is 13.0 Å². The SMILES string of the molecule is CC/C=C\C/C=C\C/C=C\C/C=C\C/C=C\C/C=C\CCC(=O)OC(COCCCCCCCCC)COC1OC(CO)C(O)C(OS(=O)(=O)O)C1O. The monoisotopic (exact) mass is 770 g/mol. The molecular weight excluding hydrogens is 704 g/mol. The molecule has 6 unspecified atom stereocenters. The Morgan fingerprint density at radius 3 is 1.79 bits per heavy atom. The van der Waals surface area contributed by atoms with Gasteiger partial charge in [-0.1, -0.05) is 125 Å². The van der Waals surface area contributed by atoms with Crippen molar-refractivity contribution in [1.82, 2.24) is 0 Å². The van der Waals surface area contributed by atoms with Gasteiger partial charge >= 0.3 is 16.4 Å². The molecule has 1 saturated heterocycles. The minimum Gasteiger partial charge on any atom is -0.457 e. The maximum absolute atomic E-state index is 12.7. The molecule has 304 valence electrons. The molecule has 0 radical (unpaired) electrons. The third-order valence-corrected chi connectivity index (χ3v) is 8.57. The molecule has 0 aromatic carbocycles. The van der Waals surface area contributed by atoms with Crippen molar-refractivity contribution in [3.05, 3.63) is 72.9 Å². The summed E-state index contributed by atoms with van der Waals surface area (Å²) in [7, 11) is -5.07. The summed E-state index contributed by atoms with van der Waals surface area (Å²) >= 11 is 0. The molecule has 1 fully saturated rings. The van der Waals surface area contributed by atoms with Crippen molar-refractivity contribution in [3.8, 4) is 0 Å². The number of ether oxygens (including phenoxy) is 4. The number of carbonyl (C=O) groups is 1. The zero-order valence-corrected chi connectivity index (χ0v) is 32.6. The number of hydrogen-bond acceptors (Lipinski definition) is 11. The van der Waals surface area contributed by atoms with Gasteiger partial charge in [0.2, 0.25) is 0 Å². The van der Waals surface area contributed by atoms with Gasteiger partial charge in [0.1, 0.15) is 30.5 Å². The number of aliphatic hydroxyl groups excluding tert-OH is 3. The lowest BCUT2D eigenvalue weighted by molar-refractivity contribution is -0.301. The minimum absolute atomic E-state index is 0.00129. The van der Waals surface area contributed by atoms with Crippen LogP contribution in [0.2, 0.25) is 0 Å². The molecule has 12 nitrogen and oxygen atoms in total. The Morgan fingerprint density at radius 2 is 1.26 bits per heavy atom. The van der Waals surface area contributed by atoms with E-state index in [9.17, 15) is 28.5 Å². The van der Waals surface area contributed by atoms with E-state index in [4.69, 9.17) is 23.5 Å². The van der Waals surface area contributed by atoms with Gasteiger partial charge in [0.05, 0.1) is 19.8 Å². The number of unbranched alkanes of at least 4 members (excludes halogenated alkanes) is 6. The standard InChI is InChI=1S/C40H66O12S/c1-3-5-7-9-11-12-13-14-15-16-17-18-19-20-21-22-23-25-27-29-36(42)50-34(32-48-30-28-26-24-10-8-6-4-2)33-49-40-38(44)39(52-53(45,46)47)37(43)35(31-41)51-40/h5,7,11-12,14-15,17-18,20-21,23,25,34-35,37-41,43-44H,3-4,6,8-10,13,16,19,22,24,26-33H2,1-2H3,(H,45,46,47)/b7-5-,12-11-,15-14-,18-17-,21-20-,25-23-. The van der Waals surface area contributed by atoms with Crippen LogP contribution in [0.5, 0.6) is 0 Å². The van der Waals surface area contributed by atoms with Crippen LogP contribution in [0.25, 0.3) is 0 Å². The Labute approximate surface area is 318 Å². The summed E-state index contributed by atoms with van der Waals surface area (Å²) in [5, 5.41) is 30.4. The summed E-state index contributed by atoms with van der Waals surface area (Å²) < 4.78 is 58.5.